The number of ether oxygens (including phenoxy) is 2. The standard InChI is InChI=1S/C22H21N5O3/c1-13-19(15-9-5-7-11-17(15)29-3)21-25-24-20(14(2)27(21)26-13)22(28)23-16-10-6-8-12-18(16)30-4/h5-12H,1-4H3,(H,23,28). The molecule has 0 aliphatic heterocycles. The highest BCUT2D eigenvalue weighted by Gasteiger charge is 2.22. The second kappa shape index (κ2) is 7.82. The molecule has 0 atom stereocenters. The lowest BCUT2D eigenvalue weighted by Crippen LogP contribution is -2.19. The van der Waals surface area contributed by atoms with Gasteiger partial charge in [0.1, 0.15) is 11.5 Å². The highest BCUT2D eigenvalue weighted by atomic mass is 16.5. The van der Waals surface area contributed by atoms with Crippen molar-refractivity contribution >= 4 is 17.2 Å². The Labute approximate surface area is 173 Å². The van der Waals surface area contributed by atoms with Crippen LogP contribution in [0.25, 0.3) is 16.8 Å². The normalized spacial score (nSPS) is 10.8. The van der Waals surface area contributed by atoms with Crippen LogP contribution in [0.5, 0.6) is 11.5 Å². The summed E-state index contributed by atoms with van der Waals surface area (Å²) in [6, 6.07) is 14.8. The number of benzene rings is 2. The van der Waals surface area contributed by atoms with Gasteiger partial charge in [0.2, 0.25) is 0 Å². The van der Waals surface area contributed by atoms with E-state index in [0.29, 0.717) is 28.5 Å². The molecule has 2 aromatic carbocycles. The van der Waals surface area contributed by atoms with Crippen molar-refractivity contribution in [1.29, 1.82) is 0 Å². The molecule has 1 amide bonds. The van der Waals surface area contributed by atoms with Gasteiger partial charge in [0.15, 0.2) is 11.3 Å². The first-order chi connectivity index (χ1) is 14.5. The van der Waals surface area contributed by atoms with Crippen molar-refractivity contribution < 1.29 is 14.3 Å². The van der Waals surface area contributed by atoms with E-state index in [9.17, 15) is 4.79 Å². The number of nitrogens with zero attached hydrogens (tertiary/aromatic N) is 4. The minimum absolute atomic E-state index is 0.183. The highest BCUT2D eigenvalue weighted by molar-refractivity contribution is 6.04. The van der Waals surface area contributed by atoms with Gasteiger partial charge < -0.3 is 14.8 Å². The smallest absolute Gasteiger partial charge is 0.278 e. The largest absolute Gasteiger partial charge is 0.496 e. The SMILES string of the molecule is COc1ccccc1NC(=O)c1nnc2c(-c3ccccc3OC)c(C)nn2c1C. The van der Waals surface area contributed by atoms with E-state index >= 15 is 0 Å². The Morgan fingerprint density at radius 1 is 0.933 bits per heavy atom. The fourth-order valence-electron chi connectivity index (χ4n) is 3.42. The van der Waals surface area contributed by atoms with Crippen LogP contribution in [-0.4, -0.2) is 39.9 Å². The number of aromatic nitrogens is 4. The van der Waals surface area contributed by atoms with Crippen LogP contribution in [0.4, 0.5) is 5.69 Å². The Balaban J connectivity index is 1.78. The fraction of sp³-hybridized carbons (Fsp3) is 0.182. The van der Waals surface area contributed by atoms with Crippen LogP contribution < -0.4 is 14.8 Å². The van der Waals surface area contributed by atoms with Gasteiger partial charge in [-0.2, -0.15) is 5.10 Å². The Morgan fingerprint density at radius 2 is 1.60 bits per heavy atom. The second-order valence-corrected chi connectivity index (χ2v) is 6.68. The van der Waals surface area contributed by atoms with Gasteiger partial charge in [0.25, 0.3) is 5.91 Å². The van der Waals surface area contributed by atoms with E-state index in [1.165, 1.54) is 0 Å². The average molecular weight is 403 g/mol. The molecule has 0 spiro atoms. The number of nitrogens with one attached hydrogen (secondary N) is 1. The Morgan fingerprint density at radius 3 is 2.33 bits per heavy atom. The van der Waals surface area contributed by atoms with Crippen LogP contribution in [0.1, 0.15) is 21.9 Å². The monoisotopic (exact) mass is 403 g/mol. The lowest BCUT2D eigenvalue weighted by molar-refractivity contribution is 0.101. The van der Waals surface area contributed by atoms with Gasteiger partial charge >= 0.3 is 0 Å². The number of methoxy groups -OCH3 is 2. The topological polar surface area (TPSA) is 90.6 Å². The lowest BCUT2D eigenvalue weighted by atomic mass is 10.1. The van der Waals surface area contributed by atoms with E-state index in [1.54, 1.807) is 37.8 Å². The molecule has 1 N–H and O–H groups in total. The molecule has 0 saturated heterocycles. The molecule has 0 fully saturated rings. The van der Waals surface area contributed by atoms with Gasteiger partial charge in [0.05, 0.1) is 36.9 Å². The molecule has 8 nitrogen and oxygen atoms in total. The third kappa shape index (κ3) is 3.22. The minimum atomic E-state index is -0.390. The van der Waals surface area contributed by atoms with Crippen molar-refractivity contribution in [3.63, 3.8) is 0 Å². The molecule has 0 saturated carbocycles. The summed E-state index contributed by atoms with van der Waals surface area (Å²) in [5.74, 6) is 0.886. The van der Waals surface area contributed by atoms with Crippen molar-refractivity contribution in [3.8, 4) is 22.6 Å². The maximum absolute atomic E-state index is 12.9. The van der Waals surface area contributed by atoms with Gasteiger partial charge in [-0.15, -0.1) is 10.2 Å². The zero-order chi connectivity index (χ0) is 21.3. The molecule has 0 radical (unpaired) electrons. The summed E-state index contributed by atoms with van der Waals surface area (Å²) < 4.78 is 12.4. The number of hydrogen-bond acceptors (Lipinski definition) is 6. The van der Waals surface area contributed by atoms with E-state index in [-0.39, 0.29) is 5.69 Å². The van der Waals surface area contributed by atoms with Gasteiger partial charge in [0, 0.05) is 5.56 Å². The number of carbonyl (C=O) groups excluding carboxylic acids is 1. The van der Waals surface area contributed by atoms with Gasteiger partial charge in [-0.25, -0.2) is 4.52 Å². The number of rotatable bonds is 5. The van der Waals surface area contributed by atoms with Crippen molar-refractivity contribution in [1.82, 2.24) is 19.8 Å². The van der Waals surface area contributed by atoms with Gasteiger partial charge in [-0.3, -0.25) is 4.79 Å². The Kier molecular flexibility index (Phi) is 5.05. The summed E-state index contributed by atoms with van der Waals surface area (Å²) >= 11 is 0. The van der Waals surface area contributed by atoms with Crippen molar-refractivity contribution in [3.05, 3.63) is 65.6 Å². The zero-order valence-electron chi connectivity index (χ0n) is 17.1. The molecule has 0 aliphatic rings. The summed E-state index contributed by atoms with van der Waals surface area (Å²) in [4.78, 5) is 12.9. The van der Waals surface area contributed by atoms with Crippen molar-refractivity contribution in [2.75, 3.05) is 19.5 Å². The third-order valence-corrected chi connectivity index (χ3v) is 4.89. The molecule has 0 bridgehead atoms. The Hall–Kier alpha value is -3.94. The van der Waals surface area contributed by atoms with Crippen LogP contribution in [0, 0.1) is 13.8 Å². The molecule has 30 heavy (non-hydrogen) atoms. The molecule has 0 unspecified atom stereocenters. The zero-order valence-corrected chi connectivity index (χ0v) is 17.1. The predicted octanol–water partition coefficient (Wildman–Crippen LogP) is 3.68. The quantitative estimate of drug-likeness (QED) is 0.547. The molecular formula is C22H21N5O3. The molecule has 4 rings (SSSR count). The third-order valence-electron chi connectivity index (χ3n) is 4.89. The van der Waals surface area contributed by atoms with Crippen LogP contribution in [0.2, 0.25) is 0 Å². The number of carbonyl (C=O) groups is 1. The maximum atomic E-state index is 12.9. The number of fused-ring (bicyclic) bond motifs is 1. The Bertz CT molecular complexity index is 1250. The van der Waals surface area contributed by atoms with E-state index in [2.05, 4.69) is 20.6 Å². The van der Waals surface area contributed by atoms with Crippen LogP contribution in [0.3, 0.4) is 0 Å². The van der Waals surface area contributed by atoms with Gasteiger partial charge in [-0.1, -0.05) is 30.3 Å². The van der Waals surface area contributed by atoms with E-state index < -0.39 is 5.91 Å². The molecule has 8 heteroatoms. The first-order valence-corrected chi connectivity index (χ1v) is 9.35. The summed E-state index contributed by atoms with van der Waals surface area (Å²) in [7, 11) is 3.17. The first kappa shape index (κ1) is 19.4. The lowest BCUT2D eigenvalue weighted by Gasteiger charge is -2.11. The summed E-state index contributed by atoms with van der Waals surface area (Å²) in [6.45, 7) is 3.68. The molecule has 152 valence electrons. The first-order valence-electron chi connectivity index (χ1n) is 9.35. The molecule has 2 heterocycles. The maximum Gasteiger partial charge on any atom is 0.278 e. The van der Waals surface area contributed by atoms with Crippen molar-refractivity contribution in [2.45, 2.75) is 13.8 Å². The predicted molar refractivity (Wildman–Crippen MR) is 113 cm³/mol. The van der Waals surface area contributed by atoms with Crippen molar-refractivity contribution in [2.24, 2.45) is 0 Å². The number of anilines is 1. The molecular weight excluding hydrogens is 382 g/mol. The highest BCUT2D eigenvalue weighted by Crippen LogP contribution is 2.34. The molecule has 2 aromatic heterocycles. The molecule has 4 aromatic rings. The molecule has 0 aliphatic carbocycles. The number of amides is 1. The second-order valence-electron chi connectivity index (χ2n) is 6.68. The van der Waals surface area contributed by atoms with Crippen LogP contribution >= 0.6 is 0 Å². The summed E-state index contributed by atoms with van der Waals surface area (Å²) in [6.07, 6.45) is 0. The fourth-order valence-corrected chi connectivity index (χ4v) is 3.42. The number of aryl methyl sites for hydroxylation is 2. The summed E-state index contributed by atoms with van der Waals surface area (Å²) in [5.41, 5.74) is 4.33. The summed E-state index contributed by atoms with van der Waals surface area (Å²) in [5, 5.41) is 16.0. The van der Waals surface area contributed by atoms with Crippen LogP contribution in [-0.2, 0) is 0 Å². The van der Waals surface area contributed by atoms with E-state index in [0.717, 1.165) is 16.8 Å². The number of hydrogen-bond donors (Lipinski definition) is 1. The minimum Gasteiger partial charge on any atom is -0.496 e. The number of para-hydroxylation sites is 3. The van der Waals surface area contributed by atoms with Crippen LogP contribution in [0.15, 0.2) is 48.5 Å². The van der Waals surface area contributed by atoms with Gasteiger partial charge in [-0.05, 0) is 32.0 Å². The van der Waals surface area contributed by atoms with E-state index in [1.807, 2.05) is 43.3 Å². The average Bonchev–Trinajstić information content (AvgIpc) is 3.10. The van der Waals surface area contributed by atoms with E-state index in [4.69, 9.17) is 9.47 Å².